The molecule has 0 saturated carbocycles. The molecule has 0 aliphatic rings. The van der Waals surface area contributed by atoms with Crippen LogP contribution in [-0.2, 0) is 12.6 Å². The van der Waals surface area contributed by atoms with Crippen molar-refractivity contribution >= 4 is 21.9 Å². The maximum atomic E-state index is 13.0. The molecule has 0 spiro atoms. The van der Waals surface area contributed by atoms with Gasteiger partial charge in [-0.15, -0.1) is 10.2 Å². The van der Waals surface area contributed by atoms with Crippen LogP contribution in [0.2, 0.25) is 0 Å². The molecule has 0 aliphatic carbocycles. The number of fused-ring (bicyclic) bond motifs is 2. The van der Waals surface area contributed by atoms with Crippen LogP contribution in [0.3, 0.4) is 0 Å². The number of aryl methyl sites for hydroxylation is 1. The van der Waals surface area contributed by atoms with Gasteiger partial charge in [-0.25, -0.2) is 4.98 Å². The zero-order valence-electron chi connectivity index (χ0n) is 15.1. The van der Waals surface area contributed by atoms with E-state index in [9.17, 15) is 13.2 Å². The minimum absolute atomic E-state index is 0.281. The molecule has 1 aromatic carbocycles. The first-order chi connectivity index (χ1) is 13.9. The first kappa shape index (κ1) is 17.8. The summed E-state index contributed by atoms with van der Waals surface area (Å²) in [7, 11) is 0. The van der Waals surface area contributed by atoms with E-state index in [1.54, 1.807) is 10.6 Å². The molecule has 4 heterocycles. The summed E-state index contributed by atoms with van der Waals surface area (Å²) < 4.78 is 42.4. The molecule has 0 radical (unpaired) electrons. The summed E-state index contributed by atoms with van der Waals surface area (Å²) in [5.41, 5.74) is 2.23. The maximum absolute atomic E-state index is 13.0. The standard InChI is InChI=1S/C19H13F3N6S/c1-11-16(27-8-3-2-7-14(27)23-11)17-24-25-18-28(17)26-15(29-18)10-12-5-4-6-13(9-12)19(20,21)22/h2-9H,10H2,1H3. The lowest BCUT2D eigenvalue weighted by molar-refractivity contribution is -0.137. The van der Waals surface area contributed by atoms with Gasteiger partial charge in [0.15, 0.2) is 0 Å². The fourth-order valence-electron chi connectivity index (χ4n) is 3.29. The van der Waals surface area contributed by atoms with Crippen molar-refractivity contribution in [2.75, 3.05) is 0 Å². The zero-order chi connectivity index (χ0) is 20.2. The van der Waals surface area contributed by atoms with E-state index in [0.29, 0.717) is 21.4 Å². The van der Waals surface area contributed by atoms with Gasteiger partial charge in [0.25, 0.3) is 0 Å². The third kappa shape index (κ3) is 3.05. The number of benzene rings is 1. The molecule has 0 fully saturated rings. The van der Waals surface area contributed by atoms with Gasteiger partial charge in [0.2, 0.25) is 10.8 Å². The fourth-order valence-corrected chi connectivity index (χ4v) is 4.16. The average Bonchev–Trinajstić information content (AvgIpc) is 3.33. The van der Waals surface area contributed by atoms with Crippen LogP contribution in [0.15, 0.2) is 48.7 Å². The van der Waals surface area contributed by atoms with Gasteiger partial charge in [0, 0.05) is 12.6 Å². The van der Waals surface area contributed by atoms with Gasteiger partial charge >= 0.3 is 6.18 Å². The average molecular weight is 414 g/mol. The second kappa shape index (κ2) is 6.38. The topological polar surface area (TPSA) is 60.4 Å². The van der Waals surface area contributed by atoms with Crippen molar-refractivity contribution < 1.29 is 13.2 Å². The van der Waals surface area contributed by atoms with Crippen LogP contribution >= 0.6 is 11.3 Å². The summed E-state index contributed by atoms with van der Waals surface area (Å²) in [6.45, 7) is 1.89. The van der Waals surface area contributed by atoms with Crippen molar-refractivity contribution in [1.82, 2.24) is 29.2 Å². The number of rotatable bonds is 3. The van der Waals surface area contributed by atoms with Gasteiger partial charge in [0.05, 0.1) is 11.3 Å². The van der Waals surface area contributed by atoms with E-state index in [1.807, 2.05) is 35.7 Å². The Balaban J connectivity index is 1.55. The SMILES string of the molecule is Cc1nc2ccccn2c1-c1nnc2sc(Cc3cccc(C(F)(F)F)c3)nn12. The molecule has 0 atom stereocenters. The molecule has 10 heteroatoms. The highest BCUT2D eigenvalue weighted by Gasteiger charge is 2.30. The Morgan fingerprint density at radius 3 is 2.76 bits per heavy atom. The van der Waals surface area contributed by atoms with Crippen LogP contribution in [0, 0.1) is 6.92 Å². The van der Waals surface area contributed by atoms with Crippen molar-refractivity contribution in [1.29, 1.82) is 0 Å². The van der Waals surface area contributed by atoms with Crippen molar-refractivity contribution in [3.8, 4) is 11.5 Å². The highest BCUT2D eigenvalue weighted by molar-refractivity contribution is 7.16. The number of nitrogens with zero attached hydrogens (tertiary/aromatic N) is 6. The Morgan fingerprint density at radius 2 is 1.93 bits per heavy atom. The van der Waals surface area contributed by atoms with Crippen LogP contribution in [0.5, 0.6) is 0 Å². The molecule has 4 aromatic heterocycles. The molecular formula is C19H13F3N6S. The molecule has 0 bridgehead atoms. The fraction of sp³-hybridized carbons (Fsp3) is 0.158. The number of pyridine rings is 1. The molecule has 0 amide bonds. The lowest BCUT2D eigenvalue weighted by Gasteiger charge is -2.07. The summed E-state index contributed by atoms with van der Waals surface area (Å²) in [5.74, 6) is 0.544. The van der Waals surface area contributed by atoms with E-state index in [-0.39, 0.29) is 6.42 Å². The molecule has 6 nitrogen and oxygen atoms in total. The number of imidazole rings is 1. The first-order valence-corrected chi connectivity index (χ1v) is 9.53. The molecule has 29 heavy (non-hydrogen) atoms. The summed E-state index contributed by atoms with van der Waals surface area (Å²) in [6.07, 6.45) is -2.20. The van der Waals surface area contributed by atoms with Crippen molar-refractivity contribution in [2.45, 2.75) is 19.5 Å². The Hall–Kier alpha value is -3.27. The van der Waals surface area contributed by atoms with Crippen LogP contribution in [0.1, 0.15) is 21.8 Å². The quantitative estimate of drug-likeness (QED) is 0.439. The Kier molecular flexibility index (Phi) is 3.91. The number of aromatic nitrogens is 6. The van der Waals surface area contributed by atoms with Gasteiger partial charge in [0.1, 0.15) is 16.3 Å². The molecule has 0 unspecified atom stereocenters. The van der Waals surface area contributed by atoms with Crippen LogP contribution in [-0.4, -0.2) is 29.2 Å². The third-order valence-corrected chi connectivity index (χ3v) is 5.46. The van der Waals surface area contributed by atoms with Crippen LogP contribution in [0.25, 0.3) is 22.1 Å². The zero-order valence-corrected chi connectivity index (χ0v) is 15.9. The Labute approximate surface area is 166 Å². The Bertz CT molecular complexity index is 1350. The van der Waals surface area contributed by atoms with Crippen molar-refractivity contribution in [3.63, 3.8) is 0 Å². The minimum Gasteiger partial charge on any atom is -0.297 e. The van der Waals surface area contributed by atoms with Gasteiger partial charge in [-0.3, -0.25) is 4.40 Å². The van der Waals surface area contributed by atoms with E-state index in [4.69, 9.17) is 0 Å². The molecule has 0 saturated heterocycles. The molecule has 0 N–H and O–H groups in total. The van der Waals surface area contributed by atoms with E-state index >= 15 is 0 Å². The second-order valence-electron chi connectivity index (χ2n) is 6.56. The first-order valence-electron chi connectivity index (χ1n) is 8.71. The van der Waals surface area contributed by atoms with Crippen molar-refractivity contribution in [2.24, 2.45) is 0 Å². The lowest BCUT2D eigenvalue weighted by atomic mass is 10.1. The third-order valence-electron chi connectivity index (χ3n) is 4.56. The monoisotopic (exact) mass is 414 g/mol. The summed E-state index contributed by atoms with van der Waals surface area (Å²) in [4.78, 5) is 5.11. The van der Waals surface area contributed by atoms with Crippen molar-refractivity contribution in [3.05, 3.63) is 70.5 Å². The summed E-state index contributed by atoms with van der Waals surface area (Å²) in [6, 6.07) is 11.0. The number of halogens is 3. The van der Waals surface area contributed by atoms with Crippen LogP contribution in [0.4, 0.5) is 13.2 Å². The van der Waals surface area contributed by atoms with Gasteiger partial charge in [-0.1, -0.05) is 35.6 Å². The predicted molar refractivity (Wildman–Crippen MR) is 102 cm³/mol. The highest BCUT2D eigenvalue weighted by atomic mass is 32.1. The smallest absolute Gasteiger partial charge is 0.297 e. The number of alkyl halides is 3. The summed E-state index contributed by atoms with van der Waals surface area (Å²) >= 11 is 1.30. The molecule has 5 aromatic rings. The van der Waals surface area contributed by atoms with Crippen LogP contribution < -0.4 is 0 Å². The van der Waals surface area contributed by atoms with Gasteiger partial charge in [-0.2, -0.15) is 22.8 Å². The molecule has 0 aliphatic heterocycles. The molecule has 5 rings (SSSR count). The van der Waals surface area contributed by atoms with E-state index in [1.165, 1.54) is 17.4 Å². The Morgan fingerprint density at radius 1 is 1.07 bits per heavy atom. The number of hydrogen-bond donors (Lipinski definition) is 0. The number of hydrogen-bond acceptors (Lipinski definition) is 5. The second-order valence-corrected chi connectivity index (χ2v) is 7.60. The van der Waals surface area contributed by atoms with E-state index in [0.717, 1.165) is 29.2 Å². The van der Waals surface area contributed by atoms with E-state index < -0.39 is 11.7 Å². The maximum Gasteiger partial charge on any atom is 0.416 e. The van der Waals surface area contributed by atoms with Gasteiger partial charge < -0.3 is 0 Å². The lowest BCUT2D eigenvalue weighted by Crippen LogP contribution is -2.05. The normalized spacial score (nSPS) is 12.3. The highest BCUT2D eigenvalue weighted by Crippen LogP contribution is 2.31. The van der Waals surface area contributed by atoms with Gasteiger partial charge in [-0.05, 0) is 30.7 Å². The predicted octanol–water partition coefficient (Wildman–Crippen LogP) is 4.42. The largest absolute Gasteiger partial charge is 0.416 e. The van der Waals surface area contributed by atoms with E-state index in [2.05, 4.69) is 20.3 Å². The molecular weight excluding hydrogens is 401 g/mol. The summed E-state index contributed by atoms with van der Waals surface area (Å²) in [5, 5.41) is 13.7. The minimum atomic E-state index is -4.37. The molecule has 146 valence electrons.